The Kier molecular flexibility index (Phi) is 5.90. The Labute approximate surface area is 201 Å². The molecule has 0 saturated heterocycles. The molecule has 178 valence electrons. The van der Waals surface area contributed by atoms with Gasteiger partial charge in [0.1, 0.15) is 11.6 Å². The average Bonchev–Trinajstić information content (AvgIpc) is 3.50. The fourth-order valence-corrected chi connectivity index (χ4v) is 4.25. The molecular formula is C26H26FN7O. The van der Waals surface area contributed by atoms with Gasteiger partial charge >= 0.3 is 0 Å². The van der Waals surface area contributed by atoms with Crippen molar-refractivity contribution in [1.82, 2.24) is 29.3 Å². The molecule has 3 aromatic heterocycles. The van der Waals surface area contributed by atoms with Crippen molar-refractivity contribution in [3.63, 3.8) is 0 Å². The minimum Gasteiger partial charge on any atom is -0.495 e. The van der Waals surface area contributed by atoms with Crippen LogP contribution in [0.3, 0.4) is 0 Å². The number of benzene rings is 2. The number of H-pyrrole nitrogens is 1. The molecule has 0 aliphatic carbocycles. The number of halogens is 1. The second kappa shape index (κ2) is 9.17. The minimum absolute atomic E-state index is 0.158. The molecule has 0 amide bonds. The van der Waals surface area contributed by atoms with Crippen LogP contribution in [0.25, 0.3) is 28.0 Å². The molecule has 1 N–H and O–H groups in total. The highest BCUT2D eigenvalue weighted by Gasteiger charge is 2.19. The molecule has 0 radical (unpaired) electrons. The van der Waals surface area contributed by atoms with Gasteiger partial charge < -0.3 is 9.30 Å². The molecule has 0 spiro atoms. The van der Waals surface area contributed by atoms with Crippen LogP contribution in [0.15, 0.2) is 66.2 Å². The van der Waals surface area contributed by atoms with Crippen molar-refractivity contribution < 1.29 is 9.13 Å². The summed E-state index contributed by atoms with van der Waals surface area (Å²) in [5, 5.41) is 8.68. The van der Waals surface area contributed by atoms with Crippen molar-refractivity contribution in [1.29, 1.82) is 0 Å². The van der Waals surface area contributed by atoms with E-state index in [2.05, 4.69) is 25.2 Å². The second-order valence-corrected chi connectivity index (χ2v) is 8.27. The molecular weight excluding hydrogens is 445 g/mol. The highest BCUT2D eigenvalue weighted by atomic mass is 19.1. The molecule has 9 heteroatoms. The first-order valence-electron chi connectivity index (χ1n) is 11.4. The molecule has 5 aromatic rings. The predicted molar refractivity (Wildman–Crippen MR) is 132 cm³/mol. The molecule has 0 aliphatic heterocycles. The van der Waals surface area contributed by atoms with Gasteiger partial charge in [-0.25, -0.2) is 14.4 Å². The maximum atomic E-state index is 13.5. The fourth-order valence-electron chi connectivity index (χ4n) is 4.25. The Bertz CT molecular complexity index is 1560. The van der Waals surface area contributed by atoms with E-state index in [0.29, 0.717) is 23.6 Å². The van der Waals surface area contributed by atoms with Gasteiger partial charge in [-0.3, -0.25) is 14.7 Å². The van der Waals surface area contributed by atoms with Crippen molar-refractivity contribution in [2.75, 3.05) is 13.7 Å². The molecule has 5 rings (SSSR count). The smallest absolute Gasteiger partial charge is 0.227 e. The van der Waals surface area contributed by atoms with E-state index in [1.54, 1.807) is 31.8 Å². The summed E-state index contributed by atoms with van der Waals surface area (Å²) in [5.74, 6) is 0.437. The van der Waals surface area contributed by atoms with Gasteiger partial charge in [-0.1, -0.05) is 18.2 Å². The number of ether oxygens (including phenoxy) is 1. The van der Waals surface area contributed by atoms with Crippen LogP contribution in [0.1, 0.15) is 31.1 Å². The number of aromatic nitrogens is 6. The standard InChI is InChI=1S/C26H26FN7O/c1-5-28-26-29-13-21-24(19-8-11-22(23(12-19)35-4)33-14-16(2)30-15-33)31-32-25(21)34(26)17(3)18-6-9-20(27)10-7-18/h6-15,17H,5H2,1-4H3,(H,31,32). The highest BCUT2D eigenvalue weighted by Crippen LogP contribution is 2.33. The first-order valence-corrected chi connectivity index (χ1v) is 11.4. The van der Waals surface area contributed by atoms with Gasteiger partial charge in [-0.05, 0) is 50.6 Å². The quantitative estimate of drug-likeness (QED) is 0.392. The lowest BCUT2D eigenvalue weighted by Gasteiger charge is -2.17. The zero-order chi connectivity index (χ0) is 24.5. The van der Waals surface area contributed by atoms with E-state index < -0.39 is 0 Å². The zero-order valence-corrected chi connectivity index (χ0v) is 20.0. The Morgan fingerprint density at radius 3 is 2.63 bits per heavy atom. The van der Waals surface area contributed by atoms with Crippen molar-refractivity contribution >= 4 is 11.0 Å². The Morgan fingerprint density at radius 2 is 1.94 bits per heavy atom. The van der Waals surface area contributed by atoms with Crippen LogP contribution >= 0.6 is 0 Å². The summed E-state index contributed by atoms with van der Waals surface area (Å²) in [6, 6.07) is 12.3. The third kappa shape index (κ3) is 4.09. The van der Waals surface area contributed by atoms with Crippen LogP contribution in [-0.2, 0) is 0 Å². The van der Waals surface area contributed by atoms with Crippen LogP contribution in [-0.4, -0.2) is 43.0 Å². The van der Waals surface area contributed by atoms with Crippen LogP contribution in [0.4, 0.5) is 4.39 Å². The molecule has 0 fully saturated rings. The van der Waals surface area contributed by atoms with Gasteiger partial charge in [0.2, 0.25) is 5.62 Å². The summed E-state index contributed by atoms with van der Waals surface area (Å²) >= 11 is 0. The number of nitrogens with one attached hydrogen (secondary N) is 1. The molecule has 1 atom stereocenters. The molecule has 0 aliphatic rings. The molecule has 3 heterocycles. The maximum absolute atomic E-state index is 13.5. The maximum Gasteiger partial charge on any atom is 0.227 e. The van der Waals surface area contributed by atoms with E-state index in [4.69, 9.17) is 4.74 Å². The van der Waals surface area contributed by atoms with Gasteiger partial charge in [-0.2, -0.15) is 5.10 Å². The number of rotatable bonds is 6. The van der Waals surface area contributed by atoms with Crippen molar-refractivity contribution in [3.8, 4) is 22.7 Å². The summed E-state index contributed by atoms with van der Waals surface area (Å²) in [5.41, 5.74) is 5.77. The van der Waals surface area contributed by atoms with E-state index in [0.717, 1.165) is 33.6 Å². The van der Waals surface area contributed by atoms with Gasteiger partial charge in [-0.15, -0.1) is 0 Å². The molecule has 35 heavy (non-hydrogen) atoms. The summed E-state index contributed by atoms with van der Waals surface area (Å²) in [6.07, 6.45) is 5.50. The van der Waals surface area contributed by atoms with E-state index in [-0.39, 0.29) is 11.9 Å². The Hall–Kier alpha value is -4.27. The minimum atomic E-state index is -0.272. The van der Waals surface area contributed by atoms with Gasteiger partial charge in [0.25, 0.3) is 0 Å². The van der Waals surface area contributed by atoms with E-state index in [1.165, 1.54) is 12.1 Å². The number of aryl methyl sites for hydroxylation is 1. The first kappa shape index (κ1) is 22.5. The monoisotopic (exact) mass is 471 g/mol. The van der Waals surface area contributed by atoms with Crippen LogP contribution < -0.4 is 10.4 Å². The topological polar surface area (TPSA) is 85.9 Å². The number of hydrogen-bond acceptors (Lipinski definition) is 5. The average molecular weight is 472 g/mol. The van der Waals surface area contributed by atoms with Crippen molar-refractivity contribution in [3.05, 3.63) is 83.9 Å². The van der Waals surface area contributed by atoms with Crippen LogP contribution in [0.5, 0.6) is 5.75 Å². The number of fused-ring (bicyclic) bond motifs is 1. The van der Waals surface area contributed by atoms with Gasteiger partial charge in [0, 0.05) is 24.5 Å². The highest BCUT2D eigenvalue weighted by molar-refractivity contribution is 5.91. The Balaban J connectivity index is 1.65. The molecule has 2 aromatic carbocycles. The zero-order valence-electron chi connectivity index (χ0n) is 20.0. The summed E-state index contributed by atoms with van der Waals surface area (Å²) in [4.78, 5) is 13.5. The summed E-state index contributed by atoms with van der Waals surface area (Å²) in [7, 11) is 1.65. The normalized spacial score (nSPS) is 12.9. The van der Waals surface area contributed by atoms with Crippen LogP contribution in [0.2, 0.25) is 0 Å². The SMILES string of the molecule is CCN=c1ncc2c(-c3ccc(-n4cnc(C)c4)c(OC)c3)[nH]nc2n1C(C)c1ccc(F)cc1. The number of methoxy groups -OCH3 is 1. The molecule has 8 nitrogen and oxygen atoms in total. The summed E-state index contributed by atoms with van der Waals surface area (Å²) < 4.78 is 23.1. The third-order valence-corrected chi connectivity index (χ3v) is 6.03. The van der Waals surface area contributed by atoms with Crippen LogP contribution in [0, 0.1) is 12.7 Å². The third-order valence-electron chi connectivity index (χ3n) is 6.03. The van der Waals surface area contributed by atoms with Gasteiger partial charge in [0.15, 0.2) is 5.65 Å². The lowest BCUT2D eigenvalue weighted by Crippen LogP contribution is -2.28. The fraction of sp³-hybridized carbons (Fsp3) is 0.231. The number of imidazole rings is 1. The summed E-state index contributed by atoms with van der Waals surface area (Å²) in [6.45, 7) is 6.52. The predicted octanol–water partition coefficient (Wildman–Crippen LogP) is 4.60. The van der Waals surface area contributed by atoms with E-state index >= 15 is 0 Å². The van der Waals surface area contributed by atoms with Crippen molar-refractivity contribution in [2.45, 2.75) is 26.8 Å². The molecule has 0 bridgehead atoms. The molecule has 1 unspecified atom stereocenters. The first-order chi connectivity index (χ1) is 17.0. The van der Waals surface area contributed by atoms with E-state index in [9.17, 15) is 4.39 Å². The number of aromatic amines is 1. The lowest BCUT2D eigenvalue weighted by molar-refractivity contribution is 0.413. The van der Waals surface area contributed by atoms with Crippen molar-refractivity contribution in [2.24, 2.45) is 4.99 Å². The lowest BCUT2D eigenvalue weighted by atomic mass is 10.1. The molecule has 0 saturated carbocycles. The second-order valence-electron chi connectivity index (χ2n) is 8.27. The number of nitrogens with zero attached hydrogens (tertiary/aromatic N) is 6. The number of hydrogen-bond donors (Lipinski definition) is 1. The van der Waals surface area contributed by atoms with E-state index in [1.807, 2.05) is 54.3 Å². The Morgan fingerprint density at radius 1 is 1.14 bits per heavy atom. The largest absolute Gasteiger partial charge is 0.495 e. The van der Waals surface area contributed by atoms with Gasteiger partial charge in [0.05, 0.1) is 41.9 Å².